The minimum atomic E-state index is -4.15. The molecule has 0 aliphatic rings. The predicted octanol–water partition coefficient (Wildman–Crippen LogP) is 2.71. The molecular weight excluding hydrogens is 436 g/mol. The molecule has 0 fully saturated rings. The Hall–Kier alpha value is -0.290. The highest BCUT2D eigenvalue weighted by molar-refractivity contribution is 14.0. The molecule has 2 N–H and O–H groups in total. The van der Waals surface area contributed by atoms with Crippen LogP contribution in [-0.4, -0.2) is 70.5 Å². The van der Waals surface area contributed by atoms with Crippen molar-refractivity contribution in [1.82, 2.24) is 15.5 Å². The fourth-order valence-corrected chi connectivity index (χ4v) is 2.09. The summed E-state index contributed by atoms with van der Waals surface area (Å²) in [6, 6.07) is 0. The monoisotopic (exact) mass is 468 g/mol. The van der Waals surface area contributed by atoms with E-state index in [0.717, 1.165) is 0 Å². The first kappa shape index (κ1) is 25.9. The quantitative estimate of drug-likeness (QED) is 0.249. The third-order valence-electron chi connectivity index (χ3n) is 3.39. The second kappa shape index (κ2) is 12.1. The van der Waals surface area contributed by atoms with Crippen LogP contribution in [0, 0.1) is 5.41 Å². The van der Waals surface area contributed by atoms with Crippen molar-refractivity contribution in [2.24, 2.45) is 10.4 Å². The fourth-order valence-electron chi connectivity index (χ4n) is 2.09. The number of nitrogens with zero attached hydrogens (tertiary/aromatic N) is 2. The van der Waals surface area contributed by atoms with Crippen molar-refractivity contribution in [1.29, 1.82) is 0 Å². The summed E-state index contributed by atoms with van der Waals surface area (Å²) in [5.74, 6) is 0.620. The van der Waals surface area contributed by atoms with Crippen LogP contribution in [0.4, 0.5) is 13.2 Å². The topological polar surface area (TPSA) is 48.9 Å². The molecule has 0 spiro atoms. The van der Waals surface area contributed by atoms with Gasteiger partial charge in [0, 0.05) is 27.2 Å². The lowest BCUT2D eigenvalue weighted by molar-refractivity contribution is -0.143. The molecular formula is C15H32F3IN4O. The van der Waals surface area contributed by atoms with Crippen molar-refractivity contribution in [3.05, 3.63) is 0 Å². The van der Waals surface area contributed by atoms with Gasteiger partial charge in [0.25, 0.3) is 0 Å². The van der Waals surface area contributed by atoms with Crippen LogP contribution in [0.3, 0.4) is 0 Å². The largest absolute Gasteiger partial charge is 0.401 e. The summed E-state index contributed by atoms with van der Waals surface area (Å²) in [5.41, 5.74) is 0.000901. The minimum Gasteiger partial charge on any atom is -0.379 e. The SMILES string of the molecule is CN=C(NCCCN(C)CC(F)(F)F)NCC(OC)C(C)(C)C.I. The first-order valence-electron chi connectivity index (χ1n) is 7.72. The highest BCUT2D eigenvalue weighted by Crippen LogP contribution is 2.20. The van der Waals surface area contributed by atoms with E-state index < -0.39 is 12.7 Å². The van der Waals surface area contributed by atoms with E-state index in [1.807, 2.05) is 0 Å². The number of hydrogen-bond donors (Lipinski definition) is 2. The van der Waals surface area contributed by atoms with Crippen LogP contribution in [0.25, 0.3) is 0 Å². The Bertz CT molecular complexity index is 360. The second-order valence-corrected chi connectivity index (χ2v) is 6.68. The predicted molar refractivity (Wildman–Crippen MR) is 103 cm³/mol. The van der Waals surface area contributed by atoms with E-state index in [0.29, 0.717) is 32.0 Å². The lowest BCUT2D eigenvalue weighted by Crippen LogP contribution is -2.45. The maximum atomic E-state index is 12.2. The number of hydrogen-bond acceptors (Lipinski definition) is 3. The van der Waals surface area contributed by atoms with Gasteiger partial charge in [-0.3, -0.25) is 9.89 Å². The molecule has 1 unspecified atom stereocenters. The van der Waals surface area contributed by atoms with Gasteiger partial charge in [0.2, 0.25) is 0 Å². The van der Waals surface area contributed by atoms with E-state index in [9.17, 15) is 13.2 Å². The average Bonchev–Trinajstić information content (AvgIpc) is 2.38. The van der Waals surface area contributed by atoms with E-state index in [4.69, 9.17) is 4.74 Å². The molecule has 0 radical (unpaired) electrons. The average molecular weight is 468 g/mol. The lowest BCUT2D eigenvalue weighted by Gasteiger charge is -2.30. The molecule has 0 saturated heterocycles. The normalized spacial score (nSPS) is 14.3. The molecule has 0 aliphatic carbocycles. The Kier molecular flexibility index (Phi) is 13.1. The van der Waals surface area contributed by atoms with Crippen molar-refractivity contribution in [3.63, 3.8) is 0 Å². The molecule has 0 rings (SSSR count). The van der Waals surface area contributed by atoms with E-state index in [2.05, 4.69) is 36.4 Å². The first-order chi connectivity index (χ1) is 10.5. The number of ether oxygens (including phenoxy) is 1. The molecule has 0 bridgehead atoms. The van der Waals surface area contributed by atoms with Gasteiger partial charge in [-0.2, -0.15) is 13.2 Å². The molecule has 0 aliphatic heterocycles. The van der Waals surface area contributed by atoms with Gasteiger partial charge in [-0.05, 0) is 25.4 Å². The van der Waals surface area contributed by atoms with Crippen LogP contribution in [-0.2, 0) is 4.74 Å². The Morgan fingerprint density at radius 3 is 2.21 bits per heavy atom. The first-order valence-corrected chi connectivity index (χ1v) is 7.72. The number of rotatable bonds is 8. The molecule has 0 heterocycles. The van der Waals surface area contributed by atoms with E-state index >= 15 is 0 Å². The standard InChI is InChI=1S/C15H31F3N4O.HI/c1-14(2,3)12(23-6)10-21-13(19-4)20-8-7-9-22(5)11-15(16,17)18;/h12H,7-11H2,1-6H3,(H2,19,20,21);1H. The van der Waals surface area contributed by atoms with Crippen LogP contribution in [0.15, 0.2) is 4.99 Å². The number of aliphatic imine (C=N–C) groups is 1. The van der Waals surface area contributed by atoms with Crippen LogP contribution >= 0.6 is 24.0 Å². The zero-order chi connectivity index (χ0) is 18.1. The van der Waals surface area contributed by atoms with Crippen LogP contribution < -0.4 is 10.6 Å². The van der Waals surface area contributed by atoms with E-state index in [1.165, 1.54) is 11.9 Å². The fraction of sp³-hybridized carbons (Fsp3) is 0.933. The molecule has 0 amide bonds. The number of halogens is 4. The Morgan fingerprint density at radius 1 is 1.21 bits per heavy atom. The third-order valence-corrected chi connectivity index (χ3v) is 3.39. The van der Waals surface area contributed by atoms with Gasteiger partial charge in [-0.1, -0.05) is 20.8 Å². The van der Waals surface area contributed by atoms with Gasteiger partial charge < -0.3 is 15.4 Å². The van der Waals surface area contributed by atoms with Crippen molar-refractivity contribution >= 4 is 29.9 Å². The summed E-state index contributed by atoms with van der Waals surface area (Å²) in [6.07, 6.45) is -3.53. The zero-order valence-electron chi connectivity index (χ0n) is 15.5. The van der Waals surface area contributed by atoms with Gasteiger partial charge in [0.15, 0.2) is 5.96 Å². The number of methoxy groups -OCH3 is 1. The highest BCUT2D eigenvalue weighted by atomic mass is 127. The molecule has 0 aromatic carbocycles. The summed E-state index contributed by atoms with van der Waals surface area (Å²) < 4.78 is 42.1. The molecule has 1 atom stereocenters. The Labute approximate surface area is 160 Å². The number of guanidine groups is 1. The Balaban J connectivity index is 0. The smallest absolute Gasteiger partial charge is 0.379 e. The van der Waals surface area contributed by atoms with Crippen molar-refractivity contribution < 1.29 is 17.9 Å². The van der Waals surface area contributed by atoms with Crippen LogP contribution in [0.1, 0.15) is 27.2 Å². The molecule has 9 heteroatoms. The third kappa shape index (κ3) is 13.1. The maximum absolute atomic E-state index is 12.2. The maximum Gasteiger partial charge on any atom is 0.401 e. The molecule has 5 nitrogen and oxygen atoms in total. The molecule has 146 valence electrons. The van der Waals surface area contributed by atoms with Gasteiger partial charge in [-0.15, -0.1) is 24.0 Å². The minimum absolute atomic E-state index is 0. The number of alkyl halides is 3. The molecule has 0 saturated carbocycles. The van der Waals surface area contributed by atoms with E-state index in [1.54, 1.807) is 14.2 Å². The van der Waals surface area contributed by atoms with Crippen LogP contribution in [0.5, 0.6) is 0 Å². The highest BCUT2D eigenvalue weighted by Gasteiger charge is 2.28. The van der Waals surface area contributed by atoms with E-state index in [-0.39, 0.29) is 35.5 Å². The van der Waals surface area contributed by atoms with Gasteiger partial charge in [0.1, 0.15) is 0 Å². The molecule has 24 heavy (non-hydrogen) atoms. The number of nitrogens with one attached hydrogen (secondary N) is 2. The zero-order valence-corrected chi connectivity index (χ0v) is 17.8. The van der Waals surface area contributed by atoms with Crippen molar-refractivity contribution in [3.8, 4) is 0 Å². The summed E-state index contributed by atoms with van der Waals surface area (Å²) in [5, 5.41) is 6.27. The summed E-state index contributed by atoms with van der Waals surface area (Å²) in [7, 11) is 4.79. The summed E-state index contributed by atoms with van der Waals surface area (Å²) in [6.45, 7) is 6.91. The molecule has 0 aromatic rings. The van der Waals surface area contributed by atoms with Gasteiger partial charge in [-0.25, -0.2) is 0 Å². The van der Waals surface area contributed by atoms with Gasteiger partial charge in [0.05, 0.1) is 12.6 Å². The summed E-state index contributed by atoms with van der Waals surface area (Å²) in [4.78, 5) is 5.36. The Morgan fingerprint density at radius 2 is 1.79 bits per heavy atom. The van der Waals surface area contributed by atoms with Crippen molar-refractivity contribution in [2.45, 2.75) is 39.5 Å². The summed E-state index contributed by atoms with van der Waals surface area (Å²) >= 11 is 0. The molecule has 0 aromatic heterocycles. The van der Waals surface area contributed by atoms with Crippen LogP contribution in [0.2, 0.25) is 0 Å². The lowest BCUT2D eigenvalue weighted by atomic mass is 9.89. The second-order valence-electron chi connectivity index (χ2n) is 6.68. The van der Waals surface area contributed by atoms with Gasteiger partial charge >= 0.3 is 6.18 Å². The van der Waals surface area contributed by atoms with Crippen molar-refractivity contribution in [2.75, 3.05) is 47.4 Å².